The molecule has 0 bridgehead atoms. The topological polar surface area (TPSA) is 124 Å². The molecular weight excluding hydrogens is 205 g/mol. The van der Waals surface area contributed by atoms with E-state index < -0.39 is 23.9 Å². The van der Waals surface area contributed by atoms with E-state index in [1.807, 2.05) is 0 Å². The van der Waals surface area contributed by atoms with E-state index in [-0.39, 0.29) is 5.82 Å². The summed E-state index contributed by atoms with van der Waals surface area (Å²) in [4.78, 5) is 28.0. The number of carbonyl (C=O) groups excluding carboxylic acids is 2. The highest BCUT2D eigenvalue weighted by Crippen LogP contribution is 2.02. The van der Waals surface area contributed by atoms with E-state index in [4.69, 9.17) is 11.5 Å². The van der Waals surface area contributed by atoms with Gasteiger partial charge in [0.05, 0.1) is 0 Å². The first-order chi connectivity index (χ1) is 7.00. The van der Waals surface area contributed by atoms with Crippen molar-refractivity contribution < 1.29 is 14.0 Å². The lowest BCUT2D eigenvalue weighted by molar-refractivity contribution is -0.126. The summed E-state index contributed by atoms with van der Waals surface area (Å²) in [6.07, 6.45) is 0.122. The molecule has 7 nitrogen and oxygen atoms in total. The maximum atomic E-state index is 12.5. The van der Waals surface area contributed by atoms with Crippen molar-refractivity contribution in [2.75, 3.05) is 5.32 Å². The number of primary amides is 2. The first kappa shape index (κ1) is 10.8. The molecule has 1 aromatic heterocycles. The van der Waals surface area contributed by atoms with Crippen molar-refractivity contribution in [1.82, 2.24) is 9.97 Å². The van der Waals surface area contributed by atoms with E-state index in [1.165, 1.54) is 6.07 Å². The minimum Gasteiger partial charge on any atom is -0.367 e. The fraction of sp³-hybridized carbons (Fsp3) is 0.143. The van der Waals surface area contributed by atoms with Gasteiger partial charge in [-0.05, 0) is 6.07 Å². The predicted molar refractivity (Wildman–Crippen MR) is 47.8 cm³/mol. The van der Waals surface area contributed by atoms with Crippen LogP contribution in [0.25, 0.3) is 0 Å². The van der Waals surface area contributed by atoms with E-state index in [0.29, 0.717) is 0 Å². The van der Waals surface area contributed by atoms with Gasteiger partial charge in [0.25, 0.3) is 0 Å². The summed E-state index contributed by atoms with van der Waals surface area (Å²) in [5.74, 6) is -1.99. The van der Waals surface area contributed by atoms with E-state index in [9.17, 15) is 14.0 Å². The molecule has 1 heterocycles. The Hall–Kier alpha value is -2.25. The minimum absolute atomic E-state index is 0.0508. The molecule has 2 amide bonds. The number of aromatic nitrogens is 2. The highest BCUT2D eigenvalue weighted by molar-refractivity contribution is 6.05. The van der Waals surface area contributed by atoms with Gasteiger partial charge in [0.15, 0.2) is 6.04 Å². The number of halogens is 1. The van der Waals surface area contributed by atoms with Crippen molar-refractivity contribution >= 4 is 17.6 Å². The second-order valence-electron chi connectivity index (χ2n) is 2.59. The third kappa shape index (κ3) is 2.86. The molecule has 1 rings (SSSR count). The molecule has 15 heavy (non-hydrogen) atoms. The van der Waals surface area contributed by atoms with Crippen LogP contribution < -0.4 is 16.8 Å². The fourth-order valence-electron chi connectivity index (χ4n) is 0.846. The maximum Gasteiger partial charge on any atom is 0.310 e. The van der Waals surface area contributed by atoms with Gasteiger partial charge in [-0.25, -0.2) is 4.98 Å². The summed E-state index contributed by atoms with van der Waals surface area (Å²) in [5.41, 5.74) is 9.77. The molecule has 0 aromatic carbocycles. The summed E-state index contributed by atoms with van der Waals surface area (Å²) < 4.78 is 12.5. The Bertz CT molecular complexity index is 383. The van der Waals surface area contributed by atoms with Gasteiger partial charge in [-0.3, -0.25) is 9.59 Å². The number of amides is 2. The molecule has 80 valence electrons. The van der Waals surface area contributed by atoms with Crippen LogP contribution in [0.5, 0.6) is 0 Å². The molecule has 0 radical (unpaired) electrons. The first-order valence-electron chi connectivity index (χ1n) is 3.84. The zero-order chi connectivity index (χ0) is 11.4. The van der Waals surface area contributed by atoms with Gasteiger partial charge < -0.3 is 16.8 Å². The van der Waals surface area contributed by atoms with Gasteiger partial charge in [-0.2, -0.15) is 9.37 Å². The Morgan fingerprint density at radius 3 is 2.47 bits per heavy atom. The van der Waals surface area contributed by atoms with Crippen molar-refractivity contribution in [3.8, 4) is 0 Å². The number of nitrogens with zero attached hydrogens (tertiary/aromatic N) is 2. The van der Waals surface area contributed by atoms with Gasteiger partial charge in [0.2, 0.25) is 11.8 Å². The van der Waals surface area contributed by atoms with Crippen LogP contribution in [0.1, 0.15) is 0 Å². The first-order valence-corrected chi connectivity index (χ1v) is 3.84. The Morgan fingerprint density at radius 1 is 1.40 bits per heavy atom. The molecule has 0 aliphatic rings. The average molecular weight is 213 g/mol. The molecule has 5 N–H and O–H groups in total. The fourth-order valence-corrected chi connectivity index (χ4v) is 0.846. The number of hydrogen-bond donors (Lipinski definition) is 3. The largest absolute Gasteiger partial charge is 0.367 e. The summed E-state index contributed by atoms with van der Waals surface area (Å²) in [6.45, 7) is 0. The molecule has 0 aliphatic carbocycles. The molecule has 0 aliphatic heterocycles. The van der Waals surface area contributed by atoms with Gasteiger partial charge in [-0.15, -0.1) is 0 Å². The SMILES string of the molecule is NC(=O)C(Nc1ccnc(F)n1)C(N)=O. The number of hydrogen-bond acceptors (Lipinski definition) is 5. The van der Waals surface area contributed by atoms with Crippen LogP contribution in [0.2, 0.25) is 0 Å². The lowest BCUT2D eigenvalue weighted by atomic mass is 10.2. The molecule has 0 saturated carbocycles. The van der Waals surface area contributed by atoms with Crippen molar-refractivity contribution in [3.05, 3.63) is 18.3 Å². The second kappa shape index (κ2) is 4.31. The van der Waals surface area contributed by atoms with Gasteiger partial charge in [0, 0.05) is 6.20 Å². The average Bonchev–Trinajstić information content (AvgIpc) is 2.13. The van der Waals surface area contributed by atoms with Gasteiger partial charge >= 0.3 is 6.08 Å². The summed E-state index contributed by atoms with van der Waals surface area (Å²) in [5, 5.41) is 2.28. The monoisotopic (exact) mass is 213 g/mol. The standard InChI is InChI=1S/C7H8FN5O2/c8-7-11-2-1-3(13-7)12-4(5(9)14)6(10)15/h1-2,4H,(H2,9,14)(H2,10,15)(H,11,12,13). The molecule has 0 fully saturated rings. The van der Waals surface area contributed by atoms with Crippen LogP contribution in [0.3, 0.4) is 0 Å². The summed E-state index contributed by atoms with van der Waals surface area (Å²) in [7, 11) is 0. The molecule has 0 spiro atoms. The molecule has 0 saturated heterocycles. The number of nitrogens with two attached hydrogens (primary N) is 2. The Morgan fingerprint density at radius 2 is 2.00 bits per heavy atom. The molecule has 1 aromatic rings. The Labute approximate surface area is 83.7 Å². The smallest absolute Gasteiger partial charge is 0.310 e. The predicted octanol–water partition coefficient (Wildman–Crippen LogP) is -1.63. The zero-order valence-corrected chi connectivity index (χ0v) is 7.48. The molecular formula is C7H8FN5O2. The second-order valence-corrected chi connectivity index (χ2v) is 2.59. The van der Waals surface area contributed by atoms with Crippen LogP contribution in [0.4, 0.5) is 10.2 Å². The Kier molecular flexibility index (Phi) is 3.11. The van der Waals surface area contributed by atoms with Crippen molar-refractivity contribution in [1.29, 1.82) is 0 Å². The van der Waals surface area contributed by atoms with Crippen LogP contribution in [-0.2, 0) is 9.59 Å². The quantitative estimate of drug-likeness (QED) is 0.409. The lowest BCUT2D eigenvalue weighted by Gasteiger charge is -2.11. The third-order valence-electron chi connectivity index (χ3n) is 1.49. The number of anilines is 1. The van der Waals surface area contributed by atoms with E-state index in [2.05, 4.69) is 15.3 Å². The van der Waals surface area contributed by atoms with Crippen LogP contribution in [-0.4, -0.2) is 27.8 Å². The highest BCUT2D eigenvalue weighted by Gasteiger charge is 2.21. The highest BCUT2D eigenvalue weighted by atomic mass is 19.1. The number of nitrogens with one attached hydrogen (secondary N) is 1. The van der Waals surface area contributed by atoms with E-state index in [1.54, 1.807) is 0 Å². The number of carbonyl (C=O) groups is 2. The minimum atomic E-state index is -1.43. The molecule has 0 atom stereocenters. The third-order valence-corrected chi connectivity index (χ3v) is 1.49. The Balaban J connectivity index is 2.83. The van der Waals surface area contributed by atoms with Gasteiger partial charge in [0.1, 0.15) is 5.82 Å². The lowest BCUT2D eigenvalue weighted by Crippen LogP contribution is -2.46. The van der Waals surface area contributed by atoms with Crippen LogP contribution >= 0.6 is 0 Å². The van der Waals surface area contributed by atoms with Crippen molar-refractivity contribution in [2.24, 2.45) is 11.5 Å². The summed E-state index contributed by atoms with van der Waals surface area (Å²) in [6, 6.07) is -0.165. The van der Waals surface area contributed by atoms with Crippen LogP contribution in [0, 0.1) is 6.08 Å². The normalized spacial score (nSPS) is 10.0. The van der Waals surface area contributed by atoms with E-state index in [0.717, 1.165) is 6.20 Å². The number of rotatable bonds is 4. The maximum absolute atomic E-state index is 12.5. The molecule has 0 unspecified atom stereocenters. The van der Waals surface area contributed by atoms with Gasteiger partial charge in [-0.1, -0.05) is 0 Å². The van der Waals surface area contributed by atoms with E-state index >= 15 is 0 Å². The summed E-state index contributed by atoms with van der Waals surface area (Å²) >= 11 is 0. The van der Waals surface area contributed by atoms with Crippen molar-refractivity contribution in [3.63, 3.8) is 0 Å². The molecule has 8 heteroatoms. The van der Waals surface area contributed by atoms with Crippen LogP contribution in [0.15, 0.2) is 12.3 Å². The zero-order valence-electron chi connectivity index (χ0n) is 7.48. The van der Waals surface area contributed by atoms with Crippen molar-refractivity contribution in [2.45, 2.75) is 6.04 Å².